The fourth-order valence-corrected chi connectivity index (χ4v) is 5.28. The average Bonchev–Trinajstić information content (AvgIpc) is 3.17. The van der Waals surface area contributed by atoms with E-state index in [1.165, 1.54) is 22.2 Å². The predicted molar refractivity (Wildman–Crippen MR) is 110 cm³/mol. The van der Waals surface area contributed by atoms with E-state index in [2.05, 4.69) is 4.98 Å². The van der Waals surface area contributed by atoms with Crippen molar-refractivity contribution >= 4 is 33.4 Å². The molecule has 1 unspecified atom stereocenters. The van der Waals surface area contributed by atoms with Crippen molar-refractivity contribution in [3.63, 3.8) is 0 Å². The summed E-state index contributed by atoms with van der Waals surface area (Å²) in [6.45, 7) is 5.36. The molecule has 29 heavy (non-hydrogen) atoms. The SMILES string of the molecule is Cc1sc2ncn(CC3(O)CCN(C(=O)C4CC(=O)N(C)C4)CC3)c(=O)c2c1C. The van der Waals surface area contributed by atoms with Gasteiger partial charge in [-0.15, -0.1) is 11.3 Å². The van der Waals surface area contributed by atoms with E-state index < -0.39 is 5.60 Å². The van der Waals surface area contributed by atoms with E-state index >= 15 is 0 Å². The van der Waals surface area contributed by atoms with Crippen LogP contribution in [-0.4, -0.2) is 68.6 Å². The summed E-state index contributed by atoms with van der Waals surface area (Å²) in [5.74, 6) is -0.315. The quantitative estimate of drug-likeness (QED) is 0.799. The summed E-state index contributed by atoms with van der Waals surface area (Å²) in [6, 6.07) is 0. The molecule has 0 radical (unpaired) electrons. The van der Waals surface area contributed by atoms with E-state index in [9.17, 15) is 19.5 Å². The van der Waals surface area contributed by atoms with Gasteiger partial charge in [-0.2, -0.15) is 0 Å². The largest absolute Gasteiger partial charge is 0.388 e. The average molecular weight is 419 g/mol. The zero-order valence-electron chi connectivity index (χ0n) is 17.0. The maximum absolute atomic E-state index is 12.9. The summed E-state index contributed by atoms with van der Waals surface area (Å²) in [5, 5.41) is 11.7. The Balaban J connectivity index is 1.45. The highest BCUT2D eigenvalue weighted by molar-refractivity contribution is 7.18. The Bertz CT molecular complexity index is 1040. The van der Waals surface area contributed by atoms with Crippen LogP contribution in [0, 0.1) is 19.8 Å². The summed E-state index contributed by atoms with van der Waals surface area (Å²) in [5.41, 5.74) is -0.242. The van der Waals surface area contributed by atoms with Crippen LogP contribution >= 0.6 is 11.3 Å². The van der Waals surface area contributed by atoms with Crippen molar-refractivity contribution in [1.82, 2.24) is 19.4 Å². The third-order valence-corrected chi connectivity index (χ3v) is 7.43. The van der Waals surface area contributed by atoms with Gasteiger partial charge in [0.2, 0.25) is 11.8 Å². The number of aliphatic hydroxyl groups is 1. The normalized spacial score (nSPS) is 21.9. The Morgan fingerprint density at radius 3 is 2.62 bits per heavy atom. The maximum Gasteiger partial charge on any atom is 0.262 e. The number of amides is 2. The van der Waals surface area contributed by atoms with Crippen LogP contribution in [-0.2, 0) is 16.1 Å². The molecule has 8 nitrogen and oxygen atoms in total. The van der Waals surface area contributed by atoms with Crippen LogP contribution in [0.4, 0.5) is 0 Å². The van der Waals surface area contributed by atoms with Crippen LogP contribution in [0.2, 0.25) is 0 Å². The Labute approximate surface area is 172 Å². The van der Waals surface area contributed by atoms with Crippen molar-refractivity contribution in [2.75, 3.05) is 26.7 Å². The van der Waals surface area contributed by atoms with Crippen molar-refractivity contribution in [3.8, 4) is 0 Å². The minimum absolute atomic E-state index is 0.00177. The molecular weight excluding hydrogens is 392 g/mol. The minimum Gasteiger partial charge on any atom is -0.388 e. The van der Waals surface area contributed by atoms with Gasteiger partial charge in [-0.05, 0) is 32.3 Å². The summed E-state index contributed by atoms with van der Waals surface area (Å²) in [4.78, 5) is 46.8. The molecule has 0 bridgehead atoms. The monoisotopic (exact) mass is 418 g/mol. The molecule has 0 aliphatic carbocycles. The van der Waals surface area contributed by atoms with Crippen LogP contribution in [0.1, 0.15) is 29.7 Å². The lowest BCUT2D eigenvalue weighted by Crippen LogP contribution is -2.51. The van der Waals surface area contributed by atoms with E-state index in [0.29, 0.717) is 37.9 Å². The Kier molecular flexibility index (Phi) is 4.98. The third kappa shape index (κ3) is 3.57. The van der Waals surface area contributed by atoms with Gasteiger partial charge in [-0.3, -0.25) is 19.0 Å². The van der Waals surface area contributed by atoms with Crippen LogP contribution in [0.3, 0.4) is 0 Å². The Morgan fingerprint density at radius 1 is 1.31 bits per heavy atom. The highest BCUT2D eigenvalue weighted by Crippen LogP contribution is 2.28. The molecule has 2 aromatic heterocycles. The molecule has 0 spiro atoms. The highest BCUT2D eigenvalue weighted by Gasteiger charge is 2.39. The van der Waals surface area contributed by atoms with Gasteiger partial charge in [0, 0.05) is 38.0 Å². The van der Waals surface area contributed by atoms with Crippen molar-refractivity contribution in [2.24, 2.45) is 5.92 Å². The lowest BCUT2D eigenvalue weighted by Gasteiger charge is -2.39. The molecule has 2 aromatic rings. The van der Waals surface area contributed by atoms with Crippen LogP contribution in [0.15, 0.2) is 11.1 Å². The van der Waals surface area contributed by atoms with Gasteiger partial charge in [-0.1, -0.05) is 0 Å². The highest BCUT2D eigenvalue weighted by atomic mass is 32.1. The predicted octanol–water partition coefficient (Wildman–Crippen LogP) is 0.907. The van der Waals surface area contributed by atoms with E-state index in [0.717, 1.165) is 15.3 Å². The summed E-state index contributed by atoms with van der Waals surface area (Å²) >= 11 is 1.50. The van der Waals surface area contributed by atoms with E-state index in [-0.39, 0.29) is 36.3 Å². The summed E-state index contributed by atoms with van der Waals surface area (Å²) in [7, 11) is 1.71. The number of piperidine rings is 1. The number of likely N-dealkylation sites (tertiary alicyclic amines) is 2. The molecule has 9 heteroatoms. The molecule has 2 aliphatic heterocycles. The second kappa shape index (κ2) is 7.21. The van der Waals surface area contributed by atoms with Gasteiger partial charge >= 0.3 is 0 Å². The first-order valence-electron chi connectivity index (χ1n) is 9.89. The van der Waals surface area contributed by atoms with Crippen molar-refractivity contribution in [2.45, 2.75) is 45.3 Å². The maximum atomic E-state index is 12.9. The van der Waals surface area contributed by atoms with Gasteiger partial charge in [0.25, 0.3) is 5.56 Å². The standard InChI is InChI=1S/C20H26N4O4S/c1-12-13(2)29-17-16(12)19(27)24(11-21-17)10-20(28)4-6-23(7-5-20)18(26)14-8-15(25)22(3)9-14/h11,14,28H,4-10H2,1-3H3. The molecule has 4 heterocycles. The molecule has 0 saturated carbocycles. The first kappa shape index (κ1) is 20.0. The van der Waals surface area contributed by atoms with Crippen molar-refractivity contribution in [3.05, 3.63) is 27.1 Å². The number of carbonyl (C=O) groups is 2. The van der Waals surface area contributed by atoms with Gasteiger partial charge in [0.15, 0.2) is 0 Å². The molecule has 2 amide bonds. The summed E-state index contributed by atoms with van der Waals surface area (Å²) < 4.78 is 1.49. The van der Waals surface area contributed by atoms with Gasteiger partial charge in [0.1, 0.15) is 4.83 Å². The number of fused-ring (bicyclic) bond motifs is 1. The number of nitrogens with zero attached hydrogens (tertiary/aromatic N) is 4. The van der Waals surface area contributed by atoms with E-state index in [1.807, 2.05) is 13.8 Å². The third-order valence-electron chi connectivity index (χ3n) is 6.32. The van der Waals surface area contributed by atoms with Gasteiger partial charge in [-0.25, -0.2) is 4.98 Å². The molecule has 4 rings (SSSR count). The second-order valence-electron chi connectivity index (χ2n) is 8.37. The van der Waals surface area contributed by atoms with Crippen LogP contribution in [0.25, 0.3) is 10.2 Å². The van der Waals surface area contributed by atoms with E-state index in [1.54, 1.807) is 16.8 Å². The van der Waals surface area contributed by atoms with E-state index in [4.69, 9.17) is 0 Å². The number of hydrogen-bond donors (Lipinski definition) is 1. The molecular formula is C20H26N4O4S. The lowest BCUT2D eigenvalue weighted by atomic mass is 9.90. The van der Waals surface area contributed by atoms with Gasteiger partial charge in [0.05, 0.1) is 29.8 Å². The topological polar surface area (TPSA) is 95.7 Å². The van der Waals surface area contributed by atoms with Crippen molar-refractivity contribution in [1.29, 1.82) is 0 Å². The second-order valence-corrected chi connectivity index (χ2v) is 9.57. The molecule has 2 aliphatic rings. The molecule has 2 saturated heterocycles. The molecule has 1 N–H and O–H groups in total. The molecule has 2 fully saturated rings. The first-order chi connectivity index (χ1) is 13.7. The smallest absolute Gasteiger partial charge is 0.262 e. The van der Waals surface area contributed by atoms with Crippen LogP contribution in [0.5, 0.6) is 0 Å². The first-order valence-corrected chi connectivity index (χ1v) is 10.7. The fourth-order valence-electron chi connectivity index (χ4n) is 4.29. The molecule has 156 valence electrons. The zero-order chi connectivity index (χ0) is 20.9. The number of aromatic nitrogens is 2. The van der Waals surface area contributed by atoms with Crippen LogP contribution < -0.4 is 5.56 Å². The number of thiophene rings is 1. The zero-order valence-corrected chi connectivity index (χ0v) is 17.8. The number of hydrogen-bond acceptors (Lipinski definition) is 6. The number of rotatable bonds is 3. The van der Waals surface area contributed by atoms with Gasteiger partial charge < -0.3 is 14.9 Å². The number of aryl methyl sites for hydroxylation is 2. The minimum atomic E-state index is -1.06. The summed E-state index contributed by atoms with van der Waals surface area (Å²) in [6.07, 6.45) is 2.55. The lowest BCUT2D eigenvalue weighted by molar-refractivity contribution is -0.140. The fraction of sp³-hybridized carbons (Fsp3) is 0.600. The van der Waals surface area contributed by atoms with Crippen molar-refractivity contribution < 1.29 is 14.7 Å². The molecule has 0 aromatic carbocycles. The Morgan fingerprint density at radius 2 is 2.00 bits per heavy atom. The Hall–Kier alpha value is -2.26. The number of carbonyl (C=O) groups excluding carboxylic acids is 2. The molecule has 1 atom stereocenters.